The summed E-state index contributed by atoms with van der Waals surface area (Å²) in [4.78, 5) is 10.1. The van der Waals surface area contributed by atoms with Gasteiger partial charge in [0.15, 0.2) is 5.82 Å². The Kier molecular flexibility index (Phi) is 4.10. The molecule has 1 saturated heterocycles. The summed E-state index contributed by atoms with van der Waals surface area (Å²) in [7, 11) is 0. The van der Waals surface area contributed by atoms with E-state index in [9.17, 15) is 13.2 Å². The first-order valence-electron chi connectivity index (χ1n) is 7.03. The van der Waals surface area contributed by atoms with Crippen LogP contribution in [0.5, 0.6) is 0 Å². The Balaban J connectivity index is 1.67. The molecule has 0 radical (unpaired) electrons. The molecule has 1 unspecified atom stereocenters. The summed E-state index contributed by atoms with van der Waals surface area (Å²) >= 11 is 0. The minimum absolute atomic E-state index is 0.187. The van der Waals surface area contributed by atoms with Gasteiger partial charge in [-0.15, -0.1) is 0 Å². The normalized spacial score (nSPS) is 19.7. The van der Waals surface area contributed by atoms with Gasteiger partial charge < -0.3 is 4.52 Å². The second kappa shape index (κ2) is 6.04. The van der Waals surface area contributed by atoms with Gasteiger partial charge >= 0.3 is 6.18 Å². The summed E-state index contributed by atoms with van der Waals surface area (Å²) in [5.74, 6) is -0.102. The van der Waals surface area contributed by atoms with Gasteiger partial charge in [0.05, 0.1) is 6.54 Å². The van der Waals surface area contributed by atoms with E-state index in [1.54, 1.807) is 6.20 Å². The third kappa shape index (κ3) is 3.62. The number of alkyl halides is 3. The van der Waals surface area contributed by atoms with Crippen molar-refractivity contribution < 1.29 is 17.7 Å². The largest absolute Gasteiger partial charge is 0.396 e. The first-order valence-corrected chi connectivity index (χ1v) is 7.03. The molecule has 0 bridgehead atoms. The molecule has 0 saturated carbocycles. The van der Waals surface area contributed by atoms with Gasteiger partial charge in [0.2, 0.25) is 5.89 Å². The number of halogens is 3. The van der Waals surface area contributed by atoms with E-state index in [2.05, 4.69) is 20.0 Å². The number of hydrogen-bond acceptors (Lipinski definition) is 5. The minimum atomic E-state index is -4.33. The van der Waals surface area contributed by atoms with Crippen LogP contribution in [0, 0.1) is 0 Å². The second-order valence-electron chi connectivity index (χ2n) is 5.31. The van der Waals surface area contributed by atoms with Gasteiger partial charge in [-0.25, -0.2) is 0 Å². The van der Waals surface area contributed by atoms with Crippen LogP contribution in [0.2, 0.25) is 0 Å². The van der Waals surface area contributed by atoms with Crippen LogP contribution >= 0.6 is 0 Å². The molecule has 0 aromatic carbocycles. The Morgan fingerprint density at radius 3 is 2.95 bits per heavy atom. The lowest BCUT2D eigenvalue weighted by Gasteiger charge is -2.22. The molecular formula is C14H15F3N4O. The highest BCUT2D eigenvalue weighted by Crippen LogP contribution is 2.32. The third-order valence-corrected chi connectivity index (χ3v) is 3.64. The Morgan fingerprint density at radius 1 is 1.36 bits per heavy atom. The maximum atomic E-state index is 12.3. The van der Waals surface area contributed by atoms with Gasteiger partial charge in [-0.3, -0.25) is 9.88 Å². The molecule has 3 rings (SSSR count). The highest BCUT2D eigenvalue weighted by molar-refractivity contribution is 5.15. The van der Waals surface area contributed by atoms with Crippen LogP contribution in [0.3, 0.4) is 0 Å². The molecule has 0 amide bonds. The van der Waals surface area contributed by atoms with Crippen molar-refractivity contribution in [2.24, 2.45) is 0 Å². The fourth-order valence-corrected chi connectivity index (χ4v) is 2.75. The summed E-state index contributed by atoms with van der Waals surface area (Å²) < 4.78 is 41.8. The molecule has 8 heteroatoms. The lowest BCUT2D eigenvalue weighted by molar-refractivity contribution is -0.128. The van der Waals surface area contributed by atoms with Gasteiger partial charge in [-0.1, -0.05) is 11.2 Å². The van der Waals surface area contributed by atoms with E-state index in [1.807, 2.05) is 18.3 Å². The average molecular weight is 312 g/mol. The fraction of sp³-hybridized carbons (Fsp3) is 0.500. The van der Waals surface area contributed by atoms with E-state index in [4.69, 9.17) is 4.52 Å². The molecule has 1 aliphatic heterocycles. The van der Waals surface area contributed by atoms with Crippen LogP contribution in [0.1, 0.15) is 36.2 Å². The van der Waals surface area contributed by atoms with Gasteiger partial charge in [-0.05, 0) is 31.0 Å². The van der Waals surface area contributed by atoms with E-state index in [1.165, 1.54) is 0 Å². The second-order valence-corrected chi connectivity index (χ2v) is 5.31. The number of likely N-dealkylation sites (tertiary alicyclic amines) is 1. The predicted molar refractivity (Wildman–Crippen MR) is 70.7 cm³/mol. The number of aromatic nitrogens is 3. The maximum absolute atomic E-state index is 12.3. The molecule has 22 heavy (non-hydrogen) atoms. The maximum Gasteiger partial charge on any atom is 0.396 e. The van der Waals surface area contributed by atoms with Crippen molar-refractivity contribution in [1.29, 1.82) is 0 Å². The van der Waals surface area contributed by atoms with Crippen molar-refractivity contribution in [3.05, 3.63) is 41.8 Å². The molecule has 1 fully saturated rings. The Hall–Kier alpha value is -1.96. The van der Waals surface area contributed by atoms with Crippen LogP contribution in [-0.4, -0.2) is 32.7 Å². The van der Waals surface area contributed by atoms with Crippen molar-refractivity contribution in [2.45, 2.75) is 38.0 Å². The van der Waals surface area contributed by atoms with Crippen molar-refractivity contribution in [2.75, 3.05) is 6.54 Å². The number of rotatable bonds is 4. The quantitative estimate of drug-likeness (QED) is 0.869. The topological polar surface area (TPSA) is 55.1 Å². The van der Waals surface area contributed by atoms with E-state index in [-0.39, 0.29) is 17.8 Å². The van der Waals surface area contributed by atoms with Crippen molar-refractivity contribution in [3.8, 4) is 0 Å². The van der Waals surface area contributed by atoms with Crippen molar-refractivity contribution in [1.82, 2.24) is 20.0 Å². The predicted octanol–water partition coefficient (Wildman–Crippen LogP) is 2.91. The molecule has 0 N–H and O–H groups in total. The zero-order valence-corrected chi connectivity index (χ0v) is 11.8. The molecule has 1 atom stereocenters. The Labute approximate surface area is 125 Å². The van der Waals surface area contributed by atoms with Gasteiger partial charge in [0.25, 0.3) is 0 Å². The first kappa shape index (κ1) is 15.0. The summed E-state index contributed by atoms with van der Waals surface area (Å²) in [6.07, 6.45) is 0.0317. The van der Waals surface area contributed by atoms with Crippen molar-refractivity contribution >= 4 is 0 Å². The molecule has 2 aromatic heterocycles. The van der Waals surface area contributed by atoms with Crippen molar-refractivity contribution in [3.63, 3.8) is 0 Å². The van der Waals surface area contributed by atoms with Gasteiger partial charge in [-0.2, -0.15) is 18.2 Å². The van der Waals surface area contributed by atoms with Gasteiger partial charge in [0.1, 0.15) is 6.42 Å². The molecule has 0 spiro atoms. The third-order valence-electron chi connectivity index (χ3n) is 3.64. The number of pyridine rings is 1. The van der Waals surface area contributed by atoms with Crippen LogP contribution < -0.4 is 0 Å². The lowest BCUT2D eigenvalue weighted by atomic mass is 10.1. The zero-order valence-electron chi connectivity index (χ0n) is 11.8. The number of hydrogen-bond donors (Lipinski definition) is 0. The minimum Gasteiger partial charge on any atom is -0.338 e. The highest BCUT2D eigenvalue weighted by atomic mass is 19.4. The lowest BCUT2D eigenvalue weighted by Crippen LogP contribution is -2.23. The molecule has 2 aromatic rings. The van der Waals surface area contributed by atoms with E-state index >= 15 is 0 Å². The zero-order chi connectivity index (χ0) is 15.6. The highest BCUT2D eigenvalue weighted by Gasteiger charge is 2.32. The van der Waals surface area contributed by atoms with Crippen LogP contribution in [0.25, 0.3) is 0 Å². The molecule has 0 aliphatic carbocycles. The molecule has 3 heterocycles. The van der Waals surface area contributed by atoms with E-state index < -0.39 is 12.6 Å². The Morgan fingerprint density at radius 2 is 2.23 bits per heavy atom. The van der Waals surface area contributed by atoms with E-state index in [0.717, 1.165) is 24.9 Å². The number of nitrogens with zero attached hydrogens (tertiary/aromatic N) is 4. The molecular weight excluding hydrogens is 297 g/mol. The average Bonchev–Trinajstić information content (AvgIpc) is 3.08. The summed E-state index contributed by atoms with van der Waals surface area (Å²) in [5.41, 5.74) is 1.09. The molecule has 1 aliphatic rings. The molecule has 5 nitrogen and oxygen atoms in total. The fourth-order valence-electron chi connectivity index (χ4n) is 2.75. The van der Waals surface area contributed by atoms with Crippen LogP contribution in [0.4, 0.5) is 13.2 Å². The molecule has 118 valence electrons. The van der Waals surface area contributed by atoms with Crippen LogP contribution in [0.15, 0.2) is 29.0 Å². The summed E-state index contributed by atoms with van der Waals surface area (Å²) in [6.45, 7) is 1.20. The van der Waals surface area contributed by atoms with E-state index in [0.29, 0.717) is 6.54 Å². The van der Waals surface area contributed by atoms with Crippen LogP contribution in [-0.2, 0) is 13.0 Å². The SMILES string of the molecule is FC(F)(F)Cc1noc(CN2CCCC2c2cccnc2)n1. The Bertz CT molecular complexity index is 614. The monoisotopic (exact) mass is 312 g/mol. The summed E-state index contributed by atoms with van der Waals surface area (Å²) in [6, 6.07) is 4.06. The first-order chi connectivity index (χ1) is 10.5. The standard InChI is InChI=1S/C14H15F3N4O/c15-14(16,17)7-12-19-13(22-20-12)9-21-6-2-4-11(21)10-3-1-5-18-8-10/h1,3,5,8,11H,2,4,6-7,9H2. The van der Waals surface area contributed by atoms with Gasteiger partial charge in [0, 0.05) is 18.4 Å². The summed E-state index contributed by atoms with van der Waals surface area (Å²) in [5, 5.41) is 3.40. The smallest absolute Gasteiger partial charge is 0.338 e.